The summed E-state index contributed by atoms with van der Waals surface area (Å²) in [6.45, 7) is -0.0297. The fourth-order valence-electron chi connectivity index (χ4n) is 1.59. The minimum Gasteiger partial charge on any atom is -0.392 e. The van der Waals surface area contributed by atoms with E-state index in [1.165, 1.54) is 6.20 Å². The van der Waals surface area contributed by atoms with E-state index >= 15 is 0 Å². The topological polar surface area (TPSA) is 100 Å². The molecule has 0 spiro atoms. The number of hydrogen-bond donors (Lipinski definition) is 4. The molecule has 0 atom stereocenters. The molecule has 0 aliphatic carbocycles. The average Bonchev–Trinajstić information content (AvgIpc) is 2.48. The van der Waals surface area contributed by atoms with Crippen LogP contribution in [0.3, 0.4) is 0 Å². The number of carbonyl (C=O) groups excluding carboxylic acids is 1. The van der Waals surface area contributed by atoms with Crippen LogP contribution < -0.4 is 16.6 Å². The van der Waals surface area contributed by atoms with Crippen molar-refractivity contribution < 1.29 is 9.90 Å². The molecule has 0 unspecified atom stereocenters. The number of amides is 1. The largest absolute Gasteiger partial charge is 0.392 e. The number of carbonyl (C=O) groups is 1. The highest BCUT2D eigenvalue weighted by atomic mass is 16.3. The fraction of sp³-hybridized carbons (Fsp3) is 0.0769. The maximum Gasteiger partial charge on any atom is 0.259 e. The molecule has 98 valence electrons. The van der Waals surface area contributed by atoms with Crippen molar-refractivity contribution in [3.63, 3.8) is 0 Å². The molecule has 1 aromatic heterocycles. The number of rotatable bonds is 4. The number of aromatic nitrogens is 1. The first-order valence-electron chi connectivity index (χ1n) is 5.66. The second-order valence-corrected chi connectivity index (χ2v) is 3.87. The van der Waals surface area contributed by atoms with E-state index in [0.29, 0.717) is 16.9 Å². The molecule has 19 heavy (non-hydrogen) atoms. The van der Waals surface area contributed by atoms with Gasteiger partial charge in [0.1, 0.15) is 0 Å². The van der Waals surface area contributed by atoms with E-state index in [4.69, 9.17) is 10.9 Å². The van der Waals surface area contributed by atoms with Crippen LogP contribution in [0.4, 0.5) is 11.4 Å². The Kier molecular flexibility index (Phi) is 4.07. The number of nitrogens with one attached hydrogen (secondary N) is 2. The third kappa shape index (κ3) is 3.06. The van der Waals surface area contributed by atoms with Crippen LogP contribution >= 0.6 is 0 Å². The molecule has 6 heteroatoms. The lowest BCUT2D eigenvalue weighted by Gasteiger charge is -2.09. The second-order valence-electron chi connectivity index (χ2n) is 3.87. The fourth-order valence-corrected chi connectivity index (χ4v) is 1.59. The molecule has 0 fully saturated rings. The smallest absolute Gasteiger partial charge is 0.259 e. The van der Waals surface area contributed by atoms with E-state index in [9.17, 15) is 4.79 Å². The third-order valence-electron chi connectivity index (χ3n) is 2.62. The van der Waals surface area contributed by atoms with Crippen LogP contribution in [0.1, 0.15) is 15.9 Å². The zero-order chi connectivity index (χ0) is 13.7. The second kappa shape index (κ2) is 5.94. The zero-order valence-corrected chi connectivity index (χ0v) is 10.1. The first-order chi connectivity index (χ1) is 9.24. The van der Waals surface area contributed by atoms with Gasteiger partial charge in [-0.1, -0.05) is 12.1 Å². The van der Waals surface area contributed by atoms with Crippen molar-refractivity contribution in [1.29, 1.82) is 0 Å². The Morgan fingerprint density at radius 1 is 1.26 bits per heavy atom. The molecule has 0 radical (unpaired) electrons. The predicted molar refractivity (Wildman–Crippen MR) is 72.4 cm³/mol. The van der Waals surface area contributed by atoms with E-state index in [2.05, 4.69) is 15.7 Å². The summed E-state index contributed by atoms with van der Waals surface area (Å²) in [5.41, 5.74) is 4.72. The summed E-state index contributed by atoms with van der Waals surface area (Å²) in [6.07, 6.45) is 2.98. The van der Waals surface area contributed by atoms with Gasteiger partial charge in [0.15, 0.2) is 0 Å². The van der Waals surface area contributed by atoms with Crippen LogP contribution in [-0.4, -0.2) is 16.0 Å². The summed E-state index contributed by atoms with van der Waals surface area (Å²) in [5.74, 6) is 5.03. The van der Waals surface area contributed by atoms with Gasteiger partial charge in [-0.15, -0.1) is 0 Å². The molecule has 5 N–H and O–H groups in total. The Bertz CT molecular complexity index is 569. The highest BCUT2D eigenvalue weighted by Gasteiger charge is 2.10. The Morgan fingerprint density at radius 3 is 2.63 bits per heavy atom. The Hall–Kier alpha value is -2.44. The normalized spacial score (nSPS) is 10.0. The van der Waals surface area contributed by atoms with Crippen LogP contribution in [0, 0.1) is 0 Å². The van der Waals surface area contributed by atoms with Crippen LogP contribution in [0.5, 0.6) is 0 Å². The number of benzene rings is 1. The molecule has 2 rings (SSSR count). The molecule has 1 amide bonds. The van der Waals surface area contributed by atoms with Gasteiger partial charge in [-0.05, 0) is 23.8 Å². The van der Waals surface area contributed by atoms with E-state index in [1.54, 1.807) is 36.5 Å². The molecule has 0 bridgehead atoms. The average molecular weight is 258 g/mol. The van der Waals surface area contributed by atoms with Crippen LogP contribution in [0.25, 0.3) is 0 Å². The summed E-state index contributed by atoms with van der Waals surface area (Å²) >= 11 is 0. The van der Waals surface area contributed by atoms with Gasteiger partial charge >= 0.3 is 0 Å². The van der Waals surface area contributed by atoms with Crippen LogP contribution in [0.15, 0.2) is 42.7 Å². The quantitative estimate of drug-likeness (QED) is 0.486. The van der Waals surface area contributed by atoms with Crippen molar-refractivity contribution in [2.75, 3.05) is 10.7 Å². The summed E-state index contributed by atoms with van der Waals surface area (Å²) in [4.78, 5) is 15.9. The summed E-state index contributed by atoms with van der Waals surface area (Å²) in [6, 6.07) is 8.52. The first kappa shape index (κ1) is 13.0. The first-order valence-corrected chi connectivity index (χ1v) is 5.66. The number of aliphatic hydroxyl groups is 1. The maximum atomic E-state index is 12.1. The number of hydrogen-bond acceptors (Lipinski definition) is 5. The molecule has 6 nitrogen and oxygen atoms in total. The van der Waals surface area contributed by atoms with Gasteiger partial charge in [-0.3, -0.25) is 15.6 Å². The van der Waals surface area contributed by atoms with Gasteiger partial charge in [0.05, 0.1) is 17.9 Å². The molecule has 0 saturated carbocycles. The molecule has 1 aromatic carbocycles. The Balaban J connectivity index is 2.16. The SMILES string of the molecule is NNc1ccncc1C(=O)Nc1ccc(CO)cc1. The van der Waals surface area contributed by atoms with Crippen LogP contribution in [-0.2, 0) is 6.61 Å². The van der Waals surface area contributed by atoms with Gasteiger partial charge in [0.25, 0.3) is 5.91 Å². The van der Waals surface area contributed by atoms with Crippen LogP contribution in [0.2, 0.25) is 0 Å². The number of nitrogens with zero attached hydrogens (tertiary/aromatic N) is 1. The lowest BCUT2D eigenvalue weighted by molar-refractivity contribution is 0.102. The number of anilines is 2. The highest BCUT2D eigenvalue weighted by molar-refractivity contribution is 6.07. The Labute approximate surface area is 110 Å². The standard InChI is InChI=1S/C13H14N4O2/c14-17-12-5-6-15-7-11(12)13(19)16-10-3-1-9(8-18)2-4-10/h1-7,18H,8,14H2,(H,15,17)(H,16,19). The van der Waals surface area contributed by atoms with Gasteiger partial charge in [0, 0.05) is 18.1 Å². The van der Waals surface area contributed by atoms with Gasteiger partial charge < -0.3 is 15.8 Å². The van der Waals surface area contributed by atoms with Crippen molar-refractivity contribution in [3.8, 4) is 0 Å². The summed E-state index contributed by atoms with van der Waals surface area (Å²) in [7, 11) is 0. The van der Waals surface area contributed by atoms with Gasteiger partial charge in [-0.2, -0.15) is 0 Å². The predicted octanol–water partition coefficient (Wildman–Crippen LogP) is 1.11. The summed E-state index contributed by atoms with van der Waals surface area (Å²) in [5, 5.41) is 11.7. The van der Waals surface area contributed by atoms with E-state index < -0.39 is 0 Å². The maximum absolute atomic E-state index is 12.1. The molecular weight excluding hydrogens is 244 g/mol. The lowest BCUT2D eigenvalue weighted by atomic mass is 10.2. The number of nitrogen functional groups attached to an aromatic ring is 1. The Morgan fingerprint density at radius 2 is 2.00 bits per heavy atom. The van der Waals surface area contributed by atoms with Crippen molar-refractivity contribution in [3.05, 3.63) is 53.9 Å². The van der Waals surface area contributed by atoms with Crippen molar-refractivity contribution >= 4 is 17.3 Å². The lowest BCUT2D eigenvalue weighted by Crippen LogP contribution is -2.17. The molecule has 1 heterocycles. The van der Waals surface area contributed by atoms with Gasteiger partial charge in [-0.25, -0.2) is 0 Å². The number of nitrogens with two attached hydrogens (primary N) is 1. The summed E-state index contributed by atoms with van der Waals surface area (Å²) < 4.78 is 0. The van der Waals surface area contributed by atoms with Crippen molar-refractivity contribution in [2.24, 2.45) is 5.84 Å². The highest BCUT2D eigenvalue weighted by Crippen LogP contribution is 2.15. The van der Waals surface area contributed by atoms with Gasteiger partial charge in [0.2, 0.25) is 0 Å². The van der Waals surface area contributed by atoms with E-state index in [0.717, 1.165) is 5.56 Å². The van der Waals surface area contributed by atoms with E-state index in [1.807, 2.05) is 0 Å². The number of hydrazine groups is 1. The molecule has 2 aromatic rings. The van der Waals surface area contributed by atoms with Crippen molar-refractivity contribution in [2.45, 2.75) is 6.61 Å². The minimum absolute atomic E-state index is 0.0297. The molecule has 0 aliphatic heterocycles. The zero-order valence-electron chi connectivity index (χ0n) is 10.1. The van der Waals surface area contributed by atoms with Crippen molar-refractivity contribution in [1.82, 2.24) is 4.98 Å². The number of aliphatic hydroxyl groups excluding tert-OH is 1. The molecule has 0 aliphatic rings. The molecular formula is C13H14N4O2. The monoisotopic (exact) mass is 258 g/mol. The van der Waals surface area contributed by atoms with E-state index in [-0.39, 0.29) is 12.5 Å². The molecule has 0 saturated heterocycles. The number of pyridine rings is 1. The third-order valence-corrected chi connectivity index (χ3v) is 2.62. The minimum atomic E-state index is -0.308.